The zero-order chi connectivity index (χ0) is 15.1. The van der Waals surface area contributed by atoms with Gasteiger partial charge in [-0.15, -0.1) is 12.4 Å². The van der Waals surface area contributed by atoms with Crippen molar-refractivity contribution >= 4 is 18.3 Å². The lowest BCUT2D eigenvalue weighted by Crippen LogP contribution is -2.37. The van der Waals surface area contributed by atoms with Gasteiger partial charge >= 0.3 is 0 Å². The molecule has 2 N–H and O–H groups in total. The van der Waals surface area contributed by atoms with Gasteiger partial charge in [0.1, 0.15) is 11.5 Å². The highest BCUT2D eigenvalue weighted by Gasteiger charge is 2.15. The Morgan fingerprint density at radius 3 is 2.82 bits per heavy atom. The molecule has 6 heteroatoms. The van der Waals surface area contributed by atoms with E-state index in [0.717, 1.165) is 30.0 Å². The Hall–Kier alpha value is -1.46. The van der Waals surface area contributed by atoms with Crippen LogP contribution in [0.3, 0.4) is 0 Å². The van der Waals surface area contributed by atoms with E-state index in [0.29, 0.717) is 25.4 Å². The number of hydrogen-bond donors (Lipinski definition) is 2. The van der Waals surface area contributed by atoms with Gasteiger partial charge in [-0.25, -0.2) is 0 Å². The number of ether oxygens (including phenoxy) is 2. The third-order valence-electron chi connectivity index (χ3n) is 3.82. The van der Waals surface area contributed by atoms with E-state index in [1.807, 2.05) is 18.2 Å². The lowest BCUT2D eigenvalue weighted by atomic mass is 10.1. The molecule has 0 aliphatic carbocycles. The number of aryl methyl sites for hydroxylation is 1. The fraction of sp³-hybridized carbons (Fsp3) is 0.562. The van der Waals surface area contributed by atoms with Crippen molar-refractivity contribution in [1.82, 2.24) is 10.6 Å². The average Bonchev–Trinajstić information content (AvgIpc) is 3.04. The molecule has 1 fully saturated rings. The lowest BCUT2D eigenvalue weighted by molar-refractivity contribution is -0.121. The van der Waals surface area contributed by atoms with Crippen LogP contribution in [-0.4, -0.2) is 39.3 Å². The van der Waals surface area contributed by atoms with Crippen molar-refractivity contribution in [1.29, 1.82) is 0 Å². The van der Waals surface area contributed by atoms with Crippen LogP contribution in [0.1, 0.15) is 24.8 Å². The molecule has 1 unspecified atom stereocenters. The van der Waals surface area contributed by atoms with Gasteiger partial charge in [0.2, 0.25) is 5.91 Å². The van der Waals surface area contributed by atoms with Gasteiger partial charge in [-0.05, 0) is 49.6 Å². The number of methoxy groups -OCH3 is 2. The Balaban J connectivity index is 0.00000242. The first-order valence-corrected chi connectivity index (χ1v) is 7.44. The minimum Gasteiger partial charge on any atom is -0.497 e. The molecule has 1 aliphatic rings. The summed E-state index contributed by atoms with van der Waals surface area (Å²) >= 11 is 0. The molecule has 5 nitrogen and oxygen atoms in total. The van der Waals surface area contributed by atoms with Crippen LogP contribution < -0.4 is 20.1 Å². The van der Waals surface area contributed by atoms with Crippen molar-refractivity contribution < 1.29 is 14.3 Å². The lowest BCUT2D eigenvalue weighted by Gasteiger charge is -2.13. The van der Waals surface area contributed by atoms with Crippen molar-refractivity contribution in [2.75, 3.05) is 27.3 Å². The Bertz CT molecular complexity index is 476. The molecular weight excluding hydrogens is 304 g/mol. The Morgan fingerprint density at radius 1 is 1.36 bits per heavy atom. The first-order chi connectivity index (χ1) is 10.2. The van der Waals surface area contributed by atoms with Gasteiger partial charge in [0.15, 0.2) is 0 Å². The predicted octanol–water partition coefficient (Wildman–Crippen LogP) is 1.93. The molecule has 22 heavy (non-hydrogen) atoms. The molecule has 1 aliphatic heterocycles. The van der Waals surface area contributed by atoms with Crippen molar-refractivity contribution in [3.63, 3.8) is 0 Å². The summed E-state index contributed by atoms with van der Waals surface area (Å²) in [4.78, 5) is 11.9. The highest BCUT2D eigenvalue weighted by atomic mass is 35.5. The van der Waals surface area contributed by atoms with E-state index in [1.54, 1.807) is 14.2 Å². The first-order valence-electron chi connectivity index (χ1n) is 7.44. The predicted molar refractivity (Wildman–Crippen MR) is 89.1 cm³/mol. The number of amides is 1. The van der Waals surface area contributed by atoms with E-state index in [4.69, 9.17) is 9.47 Å². The smallest absolute Gasteiger partial charge is 0.220 e. The van der Waals surface area contributed by atoms with Crippen LogP contribution in [0.15, 0.2) is 18.2 Å². The second kappa shape index (κ2) is 9.54. The molecule has 0 bridgehead atoms. The number of carbonyl (C=O) groups excluding carboxylic acids is 1. The molecule has 1 heterocycles. The summed E-state index contributed by atoms with van der Waals surface area (Å²) in [5, 5.41) is 6.36. The van der Waals surface area contributed by atoms with Crippen LogP contribution in [0.4, 0.5) is 0 Å². The standard InChI is InChI=1S/C16H24N2O3.ClH/c1-20-14-6-7-15(21-2)12(10-14)5-8-16(19)18-11-13-4-3-9-17-13;/h6-7,10,13,17H,3-5,8-9,11H2,1-2H3,(H,18,19);1H. The topological polar surface area (TPSA) is 59.6 Å². The number of halogens is 1. The van der Waals surface area contributed by atoms with Gasteiger partial charge in [-0.3, -0.25) is 4.79 Å². The van der Waals surface area contributed by atoms with Crippen LogP contribution in [0.2, 0.25) is 0 Å². The zero-order valence-corrected chi connectivity index (χ0v) is 14.0. The minimum atomic E-state index is 0. The monoisotopic (exact) mass is 328 g/mol. The van der Waals surface area contributed by atoms with Crippen molar-refractivity contribution in [3.8, 4) is 11.5 Å². The van der Waals surface area contributed by atoms with Crippen LogP contribution in [0.5, 0.6) is 11.5 Å². The number of carbonyl (C=O) groups is 1. The molecule has 1 atom stereocenters. The van der Waals surface area contributed by atoms with Gasteiger partial charge in [0.25, 0.3) is 0 Å². The van der Waals surface area contributed by atoms with E-state index >= 15 is 0 Å². The van der Waals surface area contributed by atoms with Gasteiger partial charge in [0.05, 0.1) is 14.2 Å². The van der Waals surface area contributed by atoms with Crippen LogP contribution in [0, 0.1) is 0 Å². The summed E-state index contributed by atoms with van der Waals surface area (Å²) in [5.74, 6) is 1.65. The van der Waals surface area contributed by atoms with Crippen molar-refractivity contribution in [3.05, 3.63) is 23.8 Å². The summed E-state index contributed by atoms with van der Waals surface area (Å²) in [7, 11) is 3.27. The number of rotatable bonds is 7. The van der Waals surface area contributed by atoms with Crippen LogP contribution in [0.25, 0.3) is 0 Å². The summed E-state index contributed by atoms with van der Waals surface area (Å²) in [6, 6.07) is 6.08. The minimum absolute atomic E-state index is 0. The highest BCUT2D eigenvalue weighted by Crippen LogP contribution is 2.25. The number of hydrogen-bond acceptors (Lipinski definition) is 4. The van der Waals surface area contributed by atoms with E-state index in [-0.39, 0.29) is 18.3 Å². The number of benzene rings is 1. The number of nitrogens with one attached hydrogen (secondary N) is 2. The molecule has 1 amide bonds. The summed E-state index contributed by atoms with van der Waals surface area (Å²) in [5.41, 5.74) is 0.992. The van der Waals surface area contributed by atoms with Crippen molar-refractivity contribution in [2.45, 2.75) is 31.7 Å². The summed E-state index contributed by atoms with van der Waals surface area (Å²) in [6.07, 6.45) is 3.44. The molecule has 1 aromatic rings. The highest BCUT2D eigenvalue weighted by molar-refractivity contribution is 5.85. The maximum Gasteiger partial charge on any atom is 0.220 e. The summed E-state index contributed by atoms with van der Waals surface area (Å²) in [6.45, 7) is 1.77. The quantitative estimate of drug-likeness (QED) is 0.803. The van der Waals surface area contributed by atoms with E-state index < -0.39 is 0 Å². The molecule has 0 saturated carbocycles. The largest absolute Gasteiger partial charge is 0.497 e. The second-order valence-electron chi connectivity index (χ2n) is 5.28. The fourth-order valence-electron chi connectivity index (χ4n) is 2.58. The zero-order valence-electron chi connectivity index (χ0n) is 13.2. The van der Waals surface area contributed by atoms with Gasteiger partial charge in [-0.2, -0.15) is 0 Å². The molecule has 0 aromatic heterocycles. The average molecular weight is 329 g/mol. The van der Waals surface area contributed by atoms with E-state index in [9.17, 15) is 4.79 Å². The second-order valence-corrected chi connectivity index (χ2v) is 5.28. The maximum absolute atomic E-state index is 11.9. The van der Waals surface area contributed by atoms with Crippen molar-refractivity contribution in [2.24, 2.45) is 0 Å². The third-order valence-corrected chi connectivity index (χ3v) is 3.82. The molecule has 0 spiro atoms. The van der Waals surface area contributed by atoms with E-state index in [1.165, 1.54) is 6.42 Å². The normalized spacial score (nSPS) is 16.7. The third kappa shape index (κ3) is 5.39. The molecule has 124 valence electrons. The SMILES string of the molecule is COc1ccc(OC)c(CCC(=O)NCC2CCCN2)c1.Cl. The first kappa shape index (κ1) is 18.6. The molecule has 2 rings (SSSR count). The molecule has 0 radical (unpaired) electrons. The van der Waals surface area contributed by atoms with Gasteiger partial charge in [0, 0.05) is 19.0 Å². The van der Waals surface area contributed by atoms with Crippen LogP contribution >= 0.6 is 12.4 Å². The van der Waals surface area contributed by atoms with Gasteiger partial charge in [-0.1, -0.05) is 0 Å². The van der Waals surface area contributed by atoms with Gasteiger partial charge < -0.3 is 20.1 Å². The Labute approximate surface area is 138 Å². The molecule has 1 aromatic carbocycles. The Kier molecular flexibility index (Phi) is 8.06. The summed E-state index contributed by atoms with van der Waals surface area (Å²) < 4.78 is 10.5. The maximum atomic E-state index is 11.9. The molecular formula is C16H25ClN2O3. The molecule has 1 saturated heterocycles. The van der Waals surface area contributed by atoms with Crippen LogP contribution in [-0.2, 0) is 11.2 Å². The van der Waals surface area contributed by atoms with E-state index in [2.05, 4.69) is 10.6 Å². The fourth-order valence-corrected chi connectivity index (χ4v) is 2.58. The Morgan fingerprint density at radius 2 is 2.18 bits per heavy atom.